The lowest BCUT2D eigenvalue weighted by atomic mass is 9.73. The van der Waals surface area contributed by atoms with E-state index in [0.29, 0.717) is 37.4 Å². The van der Waals surface area contributed by atoms with Crippen molar-refractivity contribution in [2.75, 3.05) is 17.7 Å². The molecule has 1 atom stereocenters. The Morgan fingerprint density at radius 2 is 1.87 bits per heavy atom. The van der Waals surface area contributed by atoms with Crippen molar-refractivity contribution in [2.24, 2.45) is 5.41 Å². The molecule has 1 aromatic heterocycles. The van der Waals surface area contributed by atoms with Gasteiger partial charge in [-0.1, -0.05) is 36.4 Å². The van der Waals surface area contributed by atoms with Crippen molar-refractivity contribution in [3.63, 3.8) is 0 Å². The van der Waals surface area contributed by atoms with Crippen LogP contribution >= 0.6 is 12.6 Å². The van der Waals surface area contributed by atoms with Crippen LogP contribution in [0.2, 0.25) is 0 Å². The number of benzene rings is 1. The summed E-state index contributed by atoms with van der Waals surface area (Å²) in [5.74, 6) is 0.501. The molecule has 166 valence electrons. The number of amides is 2. The van der Waals surface area contributed by atoms with Crippen molar-refractivity contribution in [3.8, 4) is 0 Å². The van der Waals surface area contributed by atoms with Gasteiger partial charge in [0.15, 0.2) is 0 Å². The second-order valence-electron chi connectivity index (χ2n) is 8.01. The smallest absolute Gasteiger partial charge is 0.248 e. The lowest BCUT2D eigenvalue weighted by Gasteiger charge is -2.38. The fourth-order valence-electron chi connectivity index (χ4n) is 4.02. The molecule has 2 amide bonds. The number of anilines is 1. The Morgan fingerprint density at radius 3 is 2.48 bits per heavy atom. The van der Waals surface area contributed by atoms with Gasteiger partial charge in [-0.15, -0.1) is 0 Å². The number of pyridine rings is 1. The Labute approximate surface area is 189 Å². The van der Waals surface area contributed by atoms with E-state index in [2.05, 4.69) is 28.2 Å². The highest BCUT2D eigenvalue weighted by atomic mass is 32.1. The number of carbonyl (C=O) groups excluding carboxylic acids is 2. The summed E-state index contributed by atoms with van der Waals surface area (Å²) in [4.78, 5) is 30.6. The monoisotopic (exact) mass is 441 g/mol. The van der Waals surface area contributed by atoms with Crippen LogP contribution in [0.25, 0.3) is 0 Å². The maximum absolute atomic E-state index is 13.4. The first-order valence-electron chi connectivity index (χ1n) is 10.9. The van der Waals surface area contributed by atoms with Crippen LogP contribution in [0.3, 0.4) is 0 Å². The molecule has 0 spiro atoms. The molecule has 0 saturated heterocycles. The number of hydrogen-bond acceptors (Lipinski definition) is 5. The first-order valence-corrected chi connectivity index (χ1v) is 11.5. The fourth-order valence-corrected chi connectivity index (χ4v) is 4.48. The predicted octanol–water partition coefficient (Wildman–Crippen LogP) is 3.64. The third-order valence-electron chi connectivity index (χ3n) is 5.90. The third kappa shape index (κ3) is 6.31. The topological polar surface area (TPSA) is 80.3 Å². The second-order valence-corrected chi connectivity index (χ2v) is 8.33. The van der Waals surface area contributed by atoms with Crippen molar-refractivity contribution < 1.29 is 14.3 Å². The van der Waals surface area contributed by atoms with E-state index in [4.69, 9.17) is 4.74 Å². The molecular formula is C24H31N3O3S. The maximum Gasteiger partial charge on any atom is 0.248 e. The average Bonchev–Trinajstić information content (AvgIpc) is 2.81. The highest BCUT2D eigenvalue weighted by molar-refractivity contribution is 7.80. The Hall–Kier alpha value is -2.38. The van der Waals surface area contributed by atoms with E-state index in [1.807, 2.05) is 37.3 Å². The van der Waals surface area contributed by atoms with Gasteiger partial charge in [0.2, 0.25) is 11.8 Å². The fraction of sp³-hybridized carbons (Fsp3) is 0.458. The summed E-state index contributed by atoms with van der Waals surface area (Å²) < 4.78 is 5.74. The van der Waals surface area contributed by atoms with Gasteiger partial charge in [-0.25, -0.2) is 4.98 Å². The molecule has 2 aromatic rings. The first kappa shape index (κ1) is 23.3. The van der Waals surface area contributed by atoms with Gasteiger partial charge < -0.3 is 15.4 Å². The van der Waals surface area contributed by atoms with Crippen molar-refractivity contribution in [3.05, 3.63) is 60.3 Å². The third-order valence-corrected chi connectivity index (χ3v) is 6.50. The molecule has 1 fully saturated rings. The van der Waals surface area contributed by atoms with Crippen LogP contribution in [-0.4, -0.2) is 41.3 Å². The van der Waals surface area contributed by atoms with E-state index in [0.717, 1.165) is 18.4 Å². The normalized spacial score (nSPS) is 21.8. The van der Waals surface area contributed by atoms with Crippen LogP contribution in [0.15, 0.2) is 54.7 Å². The summed E-state index contributed by atoms with van der Waals surface area (Å²) in [6.07, 6.45) is 5.26. The van der Waals surface area contributed by atoms with Crippen molar-refractivity contribution in [2.45, 2.75) is 51.2 Å². The summed E-state index contributed by atoms with van der Waals surface area (Å²) in [7, 11) is 0. The zero-order valence-electron chi connectivity index (χ0n) is 17.9. The molecule has 0 unspecified atom stereocenters. The lowest BCUT2D eigenvalue weighted by Crippen LogP contribution is -2.53. The first-order chi connectivity index (χ1) is 15.1. The van der Waals surface area contributed by atoms with Gasteiger partial charge in [-0.2, -0.15) is 12.6 Å². The Balaban J connectivity index is 1.73. The predicted molar refractivity (Wildman–Crippen MR) is 125 cm³/mol. The molecule has 0 bridgehead atoms. The number of ether oxygens (including phenoxy) is 1. The SMILES string of the molecule is CCOC1CCC(CS)(C(=O)N[C@@H](Cc2ccccc2)C(=O)Nc2ccccn2)CC1. The molecule has 1 aromatic carbocycles. The molecule has 1 saturated carbocycles. The van der Waals surface area contributed by atoms with Gasteiger partial charge in [0.1, 0.15) is 11.9 Å². The van der Waals surface area contributed by atoms with Crippen LogP contribution in [0.4, 0.5) is 5.82 Å². The molecule has 6 nitrogen and oxygen atoms in total. The molecule has 1 aliphatic rings. The minimum Gasteiger partial charge on any atom is -0.379 e. The van der Waals surface area contributed by atoms with Crippen molar-refractivity contribution >= 4 is 30.3 Å². The van der Waals surface area contributed by atoms with E-state index in [1.54, 1.807) is 24.4 Å². The Kier molecular flexibility index (Phi) is 8.49. The minimum absolute atomic E-state index is 0.116. The van der Waals surface area contributed by atoms with E-state index in [-0.39, 0.29) is 17.9 Å². The van der Waals surface area contributed by atoms with Crippen LogP contribution < -0.4 is 10.6 Å². The van der Waals surface area contributed by atoms with E-state index >= 15 is 0 Å². The number of carbonyl (C=O) groups is 2. The van der Waals surface area contributed by atoms with Gasteiger partial charge >= 0.3 is 0 Å². The van der Waals surface area contributed by atoms with Gasteiger partial charge in [0.25, 0.3) is 0 Å². The van der Waals surface area contributed by atoms with Crippen molar-refractivity contribution in [1.29, 1.82) is 0 Å². The second kappa shape index (κ2) is 11.3. The number of rotatable bonds is 9. The molecule has 7 heteroatoms. The summed E-state index contributed by atoms with van der Waals surface area (Å²) in [5, 5.41) is 5.85. The number of aromatic nitrogens is 1. The van der Waals surface area contributed by atoms with E-state index < -0.39 is 11.5 Å². The summed E-state index contributed by atoms with van der Waals surface area (Å²) in [6.45, 7) is 2.67. The highest BCUT2D eigenvalue weighted by Crippen LogP contribution is 2.38. The molecule has 3 rings (SSSR count). The van der Waals surface area contributed by atoms with Gasteiger partial charge in [0, 0.05) is 25.0 Å². The van der Waals surface area contributed by atoms with Crippen LogP contribution in [0.1, 0.15) is 38.2 Å². The molecule has 1 aliphatic carbocycles. The number of thiol groups is 1. The molecular weight excluding hydrogens is 410 g/mol. The number of nitrogens with one attached hydrogen (secondary N) is 2. The molecule has 31 heavy (non-hydrogen) atoms. The zero-order valence-corrected chi connectivity index (χ0v) is 18.8. The van der Waals surface area contributed by atoms with Crippen molar-refractivity contribution in [1.82, 2.24) is 10.3 Å². The molecule has 1 heterocycles. The molecule has 0 radical (unpaired) electrons. The summed E-state index contributed by atoms with van der Waals surface area (Å²) >= 11 is 4.51. The van der Waals surface area contributed by atoms with Gasteiger partial charge in [0.05, 0.1) is 11.5 Å². The van der Waals surface area contributed by atoms with E-state index in [1.165, 1.54) is 0 Å². The summed E-state index contributed by atoms with van der Waals surface area (Å²) in [5.41, 5.74) is 0.389. The van der Waals surface area contributed by atoms with Gasteiger partial charge in [-0.3, -0.25) is 9.59 Å². The Morgan fingerprint density at radius 1 is 1.16 bits per heavy atom. The number of hydrogen-bond donors (Lipinski definition) is 3. The van der Waals surface area contributed by atoms with E-state index in [9.17, 15) is 9.59 Å². The standard InChI is InChI=1S/C24H31N3O3S/c1-2-30-19-11-13-24(17-31,14-12-19)23(29)26-20(16-18-8-4-3-5-9-18)22(28)27-21-10-6-7-15-25-21/h3-10,15,19-20,31H,2,11-14,16-17H2,1H3,(H,26,29)(H,25,27,28)/t19?,20-,24?/m0/s1. The molecule has 0 aliphatic heterocycles. The lowest BCUT2D eigenvalue weighted by molar-refractivity contribution is -0.136. The zero-order chi connectivity index (χ0) is 22.1. The average molecular weight is 442 g/mol. The minimum atomic E-state index is -0.710. The Bertz CT molecular complexity index is 840. The maximum atomic E-state index is 13.4. The quantitative estimate of drug-likeness (QED) is 0.519. The van der Waals surface area contributed by atoms with Crippen LogP contribution in [0.5, 0.6) is 0 Å². The van der Waals surface area contributed by atoms with Crippen LogP contribution in [-0.2, 0) is 20.7 Å². The molecule has 2 N–H and O–H groups in total. The van der Waals surface area contributed by atoms with Gasteiger partial charge in [-0.05, 0) is 50.3 Å². The largest absolute Gasteiger partial charge is 0.379 e. The summed E-state index contributed by atoms with van der Waals surface area (Å²) in [6, 6.07) is 14.3. The highest BCUT2D eigenvalue weighted by Gasteiger charge is 2.42. The number of nitrogens with zero attached hydrogens (tertiary/aromatic N) is 1. The van der Waals surface area contributed by atoms with Crippen LogP contribution in [0, 0.1) is 5.41 Å².